The van der Waals surface area contributed by atoms with Gasteiger partial charge in [-0.15, -0.1) is 11.6 Å². The van der Waals surface area contributed by atoms with E-state index in [-0.39, 0.29) is 0 Å². The van der Waals surface area contributed by atoms with Crippen LogP contribution in [0.2, 0.25) is 0 Å². The first-order valence-corrected chi connectivity index (χ1v) is 6.73. The normalized spacial score (nSPS) is 16.1. The SMILES string of the molecule is COc1cccc(CCl)c1OCC1CCCC1. The first-order chi connectivity index (χ1) is 8.35. The van der Waals surface area contributed by atoms with Crippen molar-refractivity contribution in [1.29, 1.82) is 0 Å². The Kier molecular flexibility index (Phi) is 4.55. The van der Waals surface area contributed by atoms with Gasteiger partial charge in [0.1, 0.15) is 0 Å². The second-order valence-corrected chi connectivity index (χ2v) is 4.81. The van der Waals surface area contributed by atoms with Crippen LogP contribution in [0.5, 0.6) is 11.5 Å². The molecule has 0 N–H and O–H groups in total. The lowest BCUT2D eigenvalue weighted by Crippen LogP contribution is -2.09. The second kappa shape index (κ2) is 6.15. The van der Waals surface area contributed by atoms with Crippen molar-refractivity contribution in [3.05, 3.63) is 23.8 Å². The smallest absolute Gasteiger partial charge is 0.165 e. The zero-order chi connectivity index (χ0) is 12.1. The molecule has 2 rings (SSSR count). The van der Waals surface area contributed by atoms with Crippen LogP contribution in [0.25, 0.3) is 0 Å². The molecule has 2 nitrogen and oxygen atoms in total. The van der Waals surface area contributed by atoms with Crippen LogP contribution in [-0.4, -0.2) is 13.7 Å². The number of methoxy groups -OCH3 is 1. The number of para-hydroxylation sites is 1. The highest BCUT2D eigenvalue weighted by molar-refractivity contribution is 6.17. The van der Waals surface area contributed by atoms with Gasteiger partial charge in [0.15, 0.2) is 11.5 Å². The van der Waals surface area contributed by atoms with E-state index in [2.05, 4.69) is 0 Å². The summed E-state index contributed by atoms with van der Waals surface area (Å²) in [4.78, 5) is 0. The Labute approximate surface area is 108 Å². The largest absolute Gasteiger partial charge is 0.493 e. The van der Waals surface area contributed by atoms with Gasteiger partial charge in [-0.1, -0.05) is 25.0 Å². The van der Waals surface area contributed by atoms with Gasteiger partial charge in [0.05, 0.1) is 19.6 Å². The lowest BCUT2D eigenvalue weighted by molar-refractivity contribution is 0.239. The monoisotopic (exact) mass is 254 g/mol. The summed E-state index contributed by atoms with van der Waals surface area (Å²) in [6, 6.07) is 5.85. The van der Waals surface area contributed by atoms with E-state index in [1.807, 2.05) is 18.2 Å². The van der Waals surface area contributed by atoms with E-state index in [0.29, 0.717) is 11.8 Å². The van der Waals surface area contributed by atoms with Gasteiger partial charge in [-0.25, -0.2) is 0 Å². The van der Waals surface area contributed by atoms with Crippen LogP contribution in [0.15, 0.2) is 18.2 Å². The van der Waals surface area contributed by atoms with Crippen molar-refractivity contribution in [3.8, 4) is 11.5 Å². The number of alkyl halides is 1. The quantitative estimate of drug-likeness (QED) is 0.740. The highest BCUT2D eigenvalue weighted by Gasteiger charge is 2.17. The fourth-order valence-electron chi connectivity index (χ4n) is 2.37. The van der Waals surface area contributed by atoms with Crippen molar-refractivity contribution in [2.45, 2.75) is 31.6 Å². The Morgan fingerprint density at radius 1 is 1.29 bits per heavy atom. The summed E-state index contributed by atoms with van der Waals surface area (Å²) in [5.74, 6) is 2.75. The van der Waals surface area contributed by atoms with E-state index in [0.717, 1.165) is 23.7 Å². The van der Waals surface area contributed by atoms with E-state index in [1.54, 1.807) is 7.11 Å². The van der Waals surface area contributed by atoms with Gasteiger partial charge in [0.2, 0.25) is 0 Å². The van der Waals surface area contributed by atoms with Crippen LogP contribution >= 0.6 is 11.6 Å². The van der Waals surface area contributed by atoms with Gasteiger partial charge in [-0.05, 0) is 24.8 Å². The standard InChI is InChI=1S/C14H19ClO2/c1-16-13-8-4-7-12(9-15)14(13)17-10-11-5-2-3-6-11/h4,7-8,11H,2-3,5-6,9-10H2,1H3. The lowest BCUT2D eigenvalue weighted by atomic mass is 10.1. The Hall–Kier alpha value is -0.890. The minimum Gasteiger partial charge on any atom is -0.493 e. The summed E-state index contributed by atoms with van der Waals surface area (Å²) in [5, 5.41) is 0. The predicted octanol–water partition coefficient (Wildman–Crippen LogP) is 4.00. The maximum absolute atomic E-state index is 5.92. The zero-order valence-corrected chi connectivity index (χ0v) is 11.0. The average molecular weight is 255 g/mol. The molecule has 94 valence electrons. The minimum atomic E-state index is 0.456. The molecule has 1 fully saturated rings. The van der Waals surface area contributed by atoms with Crippen LogP contribution in [0.4, 0.5) is 0 Å². The van der Waals surface area contributed by atoms with Gasteiger partial charge in [-0.2, -0.15) is 0 Å². The first kappa shape index (κ1) is 12.6. The van der Waals surface area contributed by atoms with Crippen LogP contribution in [0, 0.1) is 5.92 Å². The number of hydrogen-bond acceptors (Lipinski definition) is 2. The third-order valence-corrected chi connectivity index (χ3v) is 3.65. The molecule has 0 unspecified atom stereocenters. The van der Waals surface area contributed by atoms with Crippen molar-refractivity contribution >= 4 is 11.6 Å². The number of halogens is 1. The number of hydrogen-bond donors (Lipinski definition) is 0. The summed E-state index contributed by atoms with van der Waals surface area (Å²) in [7, 11) is 1.66. The van der Waals surface area contributed by atoms with Crippen LogP contribution in [0.1, 0.15) is 31.2 Å². The molecule has 0 saturated heterocycles. The molecule has 1 aliphatic carbocycles. The maximum atomic E-state index is 5.92. The highest BCUT2D eigenvalue weighted by atomic mass is 35.5. The zero-order valence-electron chi connectivity index (χ0n) is 10.2. The van der Waals surface area contributed by atoms with Crippen molar-refractivity contribution in [3.63, 3.8) is 0 Å². The van der Waals surface area contributed by atoms with Gasteiger partial charge < -0.3 is 9.47 Å². The Bertz CT molecular complexity index is 337. The van der Waals surface area contributed by atoms with E-state index in [4.69, 9.17) is 21.1 Å². The number of rotatable bonds is 5. The molecular weight excluding hydrogens is 236 g/mol. The van der Waals surface area contributed by atoms with Crippen LogP contribution < -0.4 is 9.47 Å². The first-order valence-electron chi connectivity index (χ1n) is 6.19. The minimum absolute atomic E-state index is 0.456. The lowest BCUT2D eigenvalue weighted by Gasteiger charge is -2.16. The van der Waals surface area contributed by atoms with Crippen molar-refractivity contribution in [2.24, 2.45) is 5.92 Å². The predicted molar refractivity (Wildman–Crippen MR) is 70.0 cm³/mol. The molecule has 0 atom stereocenters. The molecule has 17 heavy (non-hydrogen) atoms. The molecule has 0 radical (unpaired) electrons. The third-order valence-electron chi connectivity index (χ3n) is 3.36. The van der Waals surface area contributed by atoms with Gasteiger partial charge >= 0.3 is 0 Å². The van der Waals surface area contributed by atoms with Gasteiger partial charge in [-0.3, -0.25) is 0 Å². The molecule has 1 aromatic carbocycles. The molecule has 0 aliphatic heterocycles. The Morgan fingerprint density at radius 3 is 2.71 bits per heavy atom. The summed E-state index contributed by atoms with van der Waals surface area (Å²) < 4.78 is 11.2. The van der Waals surface area contributed by atoms with E-state index in [9.17, 15) is 0 Å². The second-order valence-electron chi connectivity index (χ2n) is 4.54. The van der Waals surface area contributed by atoms with Crippen molar-refractivity contribution in [1.82, 2.24) is 0 Å². The van der Waals surface area contributed by atoms with Gasteiger partial charge in [0, 0.05) is 5.56 Å². The molecule has 0 spiro atoms. The Balaban J connectivity index is 2.06. The molecule has 0 aromatic heterocycles. The molecule has 0 heterocycles. The maximum Gasteiger partial charge on any atom is 0.165 e. The summed E-state index contributed by atoms with van der Waals surface area (Å²) in [6.07, 6.45) is 5.24. The number of ether oxygens (including phenoxy) is 2. The molecular formula is C14H19ClO2. The Morgan fingerprint density at radius 2 is 2.06 bits per heavy atom. The average Bonchev–Trinajstić information content (AvgIpc) is 2.88. The van der Waals surface area contributed by atoms with Crippen LogP contribution in [0.3, 0.4) is 0 Å². The fraction of sp³-hybridized carbons (Fsp3) is 0.571. The number of benzene rings is 1. The summed E-state index contributed by atoms with van der Waals surface area (Å²) >= 11 is 5.92. The van der Waals surface area contributed by atoms with E-state index < -0.39 is 0 Å². The molecule has 0 amide bonds. The third kappa shape index (κ3) is 3.06. The topological polar surface area (TPSA) is 18.5 Å². The molecule has 0 bridgehead atoms. The van der Waals surface area contributed by atoms with Crippen LogP contribution in [-0.2, 0) is 5.88 Å². The fourth-order valence-corrected chi connectivity index (χ4v) is 2.58. The van der Waals surface area contributed by atoms with Gasteiger partial charge in [0.25, 0.3) is 0 Å². The highest BCUT2D eigenvalue weighted by Crippen LogP contribution is 2.34. The van der Waals surface area contributed by atoms with E-state index >= 15 is 0 Å². The van der Waals surface area contributed by atoms with Crippen molar-refractivity contribution < 1.29 is 9.47 Å². The summed E-state index contributed by atoms with van der Waals surface area (Å²) in [5.41, 5.74) is 1.00. The van der Waals surface area contributed by atoms with E-state index in [1.165, 1.54) is 25.7 Å². The molecule has 1 aliphatic rings. The summed E-state index contributed by atoms with van der Waals surface area (Å²) in [6.45, 7) is 0.782. The molecule has 1 saturated carbocycles. The molecule has 3 heteroatoms. The molecule has 1 aromatic rings. The van der Waals surface area contributed by atoms with Crippen molar-refractivity contribution in [2.75, 3.05) is 13.7 Å².